The predicted octanol–water partition coefficient (Wildman–Crippen LogP) is 3.49. The van der Waals surface area contributed by atoms with E-state index in [0.717, 1.165) is 17.0 Å². The molecule has 0 aliphatic heterocycles. The minimum absolute atomic E-state index is 0.169. The lowest BCUT2D eigenvalue weighted by atomic mass is 10.2. The summed E-state index contributed by atoms with van der Waals surface area (Å²) in [5, 5.41) is 2.63. The number of halogens is 1. The van der Waals surface area contributed by atoms with Crippen molar-refractivity contribution in [2.45, 2.75) is 6.92 Å². The summed E-state index contributed by atoms with van der Waals surface area (Å²) < 4.78 is 14.9. The molecular weight excluding hydrogens is 333 g/mol. The second-order valence-electron chi connectivity index (χ2n) is 5.70. The Balaban J connectivity index is 1.67. The minimum atomic E-state index is -0.406. The Bertz CT molecular complexity index is 1100. The molecule has 3 heterocycles. The number of aromatic nitrogens is 4. The van der Waals surface area contributed by atoms with Gasteiger partial charge in [0.25, 0.3) is 5.91 Å². The van der Waals surface area contributed by atoms with Gasteiger partial charge < -0.3 is 0 Å². The van der Waals surface area contributed by atoms with E-state index in [9.17, 15) is 9.18 Å². The average Bonchev–Trinajstić information content (AvgIpc) is 2.98. The van der Waals surface area contributed by atoms with Gasteiger partial charge in [-0.15, -0.1) is 0 Å². The Hall–Kier alpha value is -3.61. The van der Waals surface area contributed by atoms with E-state index in [-0.39, 0.29) is 5.95 Å². The molecule has 1 aromatic carbocycles. The molecule has 0 spiro atoms. The Morgan fingerprint density at radius 2 is 1.88 bits per heavy atom. The van der Waals surface area contributed by atoms with Crippen molar-refractivity contribution in [3.05, 3.63) is 78.0 Å². The smallest absolute Gasteiger partial charge is 0.258 e. The van der Waals surface area contributed by atoms with Crippen LogP contribution in [0.5, 0.6) is 0 Å². The fourth-order valence-corrected chi connectivity index (χ4v) is 2.75. The Kier molecular flexibility index (Phi) is 3.89. The SMILES string of the molecule is Cc1nc2ccccn2c1-c1ccnc(NC(=O)c2ccc(F)cc2)n1. The third-order valence-electron chi connectivity index (χ3n) is 3.93. The van der Waals surface area contributed by atoms with E-state index in [4.69, 9.17) is 0 Å². The van der Waals surface area contributed by atoms with Crippen molar-refractivity contribution < 1.29 is 9.18 Å². The van der Waals surface area contributed by atoms with Crippen LogP contribution in [0.2, 0.25) is 0 Å². The lowest BCUT2D eigenvalue weighted by Gasteiger charge is -2.06. The van der Waals surface area contributed by atoms with Crippen LogP contribution in [0.15, 0.2) is 60.9 Å². The molecule has 4 rings (SSSR count). The summed E-state index contributed by atoms with van der Waals surface area (Å²) >= 11 is 0. The third kappa shape index (κ3) is 2.90. The van der Waals surface area contributed by atoms with Crippen LogP contribution in [0.4, 0.5) is 10.3 Å². The van der Waals surface area contributed by atoms with Crippen LogP contribution < -0.4 is 5.32 Å². The molecule has 0 bridgehead atoms. The first-order valence-electron chi connectivity index (χ1n) is 7.96. The number of nitrogens with one attached hydrogen (secondary N) is 1. The molecule has 0 aliphatic rings. The van der Waals surface area contributed by atoms with Crippen molar-refractivity contribution in [3.8, 4) is 11.4 Å². The molecule has 128 valence electrons. The average molecular weight is 347 g/mol. The van der Waals surface area contributed by atoms with Gasteiger partial charge in [-0.25, -0.2) is 19.3 Å². The number of aryl methyl sites for hydroxylation is 1. The molecule has 7 heteroatoms. The van der Waals surface area contributed by atoms with Crippen LogP contribution in [0, 0.1) is 12.7 Å². The molecule has 3 aromatic heterocycles. The summed E-state index contributed by atoms with van der Waals surface area (Å²) in [6, 6.07) is 12.8. The fourth-order valence-electron chi connectivity index (χ4n) is 2.75. The maximum absolute atomic E-state index is 13.0. The number of hydrogen-bond donors (Lipinski definition) is 1. The Labute approximate surface area is 148 Å². The van der Waals surface area contributed by atoms with Crippen LogP contribution >= 0.6 is 0 Å². The van der Waals surface area contributed by atoms with Gasteiger partial charge in [-0.05, 0) is 49.4 Å². The van der Waals surface area contributed by atoms with E-state index in [2.05, 4.69) is 20.3 Å². The number of imidazole rings is 1. The van der Waals surface area contributed by atoms with Crippen LogP contribution in [0.3, 0.4) is 0 Å². The van der Waals surface area contributed by atoms with Crippen LogP contribution in [-0.4, -0.2) is 25.3 Å². The zero-order chi connectivity index (χ0) is 18.1. The summed E-state index contributed by atoms with van der Waals surface area (Å²) in [4.78, 5) is 25.3. The number of anilines is 1. The summed E-state index contributed by atoms with van der Waals surface area (Å²) in [6.07, 6.45) is 3.48. The van der Waals surface area contributed by atoms with E-state index in [0.29, 0.717) is 11.3 Å². The molecule has 6 nitrogen and oxygen atoms in total. The van der Waals surface area contributed by atoms with E-state index in [1.54, 1.807) is 12.3 Å². The molecule has 0 saturated carbocycles. The van der Waals surface area contributed by atoms with Gasteiger partial charge in [-0.3, -0.25) is 14.5 Å². The summed E-state index contributed by atoms with van der Waals surface area (Å²) in [7, 11) is 0. The highest BCUT2D eigenvalue weighted by atomic mass is 19.1. The second-order valence-corrected chi connectivity index (χ2v) is 5.70. The number of fused-ring (bicyclic) bond motifs is 1. The quantitative estimate of drug-likeness (QED) is 0.616. The first-order chi connectivity index (χ1) is 12.6. The number of nitrogens with zero attached hydrogens (tertiary/aromatic N) is 4. The number of benzene rings is 1. The zero-order valence-electron chi connectivity index (χ0n) is 13.8. The Morgan fingerprint density at radius 1 is 1.08 bits per heavy atom. The number of pyridine rings is 1. The number of carbonyl (C=O) groups excluding carboxylic acids is 1. The number of rotatable bonds is 3. The van der Waals surface area contributed by atoms with Gasteiger partial charge in [-0.2, -0.15) is 0 Å². The molecule has 1 amide bonds. The standard InChI is InChI=1S/C19H14FN5O/c1-12-17(25-11-3-2-4-16(25)22-12)15-9-10-21-19(23-15)24-18(26)13-5-7-14(20)8-6-13/h2-11H,1H3,(H,21,23,24,26). The van der Waals surface area contributed by atoms with E-state index in [1.165, 1.54) is 24.3 Å². The van der Waals surface area contributed by atoms with E-state index >= 15 is 0 Å². The van der Waals surface area contributed by atoms with Crippen molar-refractivity contribution in [1.82, 2.24) is 19.4 Å². The normalized spacial score (nSPS) is 10.8. The topological polar surface area (TPSA) is 72.2 Å². The molecule has 0 atom stereocenters. The van der Waals surface area contributed by atoms with Crippen molar-refractivity contribution in [2.75, 3.05) is 5.32 Å². The molecule has 0 fully saturated rings. The molecular formula is C19H14FN5O. The highest BCUT2D eigenvalue weighted by Crippen LogP contribution is 2.23. The van der Waals surface area contributed by atoms with Gasteiger partial charge in [0, 0.05) is 18.0 Å². The third-order valence-corrected chi connectivity index (χ3v) is 3.93. The summed E-state index contributed by atoms with van der Waals surface area (Å²) in [6.45, 7) is 1.90. The van der Waals surface area contributed by atoms with Gasteiger partial charge in [-0.1, -0.05) is 6.07 Å². The number of amides is 1. The highest BCUT2D eigenvalue weighted by molar-refractivity contribution is 6.03. The zero-order valence-corrected chi connectivity index (χ0v) is 13.8. The van der Waals surface area contributed by atoms with Gasteiger partial charge in [0.05, 0.1) is 17.1 Å². The van der Waals surface area contributed by atoms with Crippen molar-refractivity contribution in [2.24, 2.45) is 0 Å². The fraction of sp³-hybridized carbons (Fsp3) is 0.0526. The van der Waals surface area contributed by atoms with Gasteiger partial charge >= 0.3 is 0 Å². The maximum atomic E-state index is 13.0. The molecule has 1 N–H and O–H groups in total. The van der Waals surface area contributed by atoms with Crippen LogP contribution in [0.1, 0.15) is 16.1 Å². The predicted molar refractivity (Wildman–Crippen MR) is 95.3 cm³/mol. The molecule has 4 aromatic rings. The van der Waals surface area contributed by atoms with Crippen LogP contribution in [0.25, 0.3) is 17.0 Å². The van der Waals surface area contributed by atoms with E-state index in [1.807, 2.05) is 35.7 Å². The monoisotopic (exact) mass is 347 g/mol. The lowest BCUT2D eigenvalue weighted by Crippen LogP contribution is -2.14. The van der Waals surface area contributed by atoms with Gasteiger partial charge in [0.15, 0.2) is 0 Å². The Morgan fingerprint density at radius 3 is 2.69 bits per heavy atom. The summed E-state index contributed by atoms with van der Waals surface area (Å²) in [5.74, 6) is -0.637. The largest absolute Gasteiger partial charge is 0.298 e. The van der Waals surface area contributed by atoms with Gasteiger partial charge in [0.2, 0.25) is 5.95 Å². The number of hydrogen-bond acceptors (Lipinski definition) is 4. The molecule has 0 aliphatic carbocycles. The first kappa shape index (κ1) is 15.9. The van der Waals surface area contributed by atoms with Gasteiger partial charge in [0.1, 0.15) is 11.5 Å². The molecule has 0 radical (unpaired) electrons. The second kappa shape index (κ2) is 6.36. The minimum Gasteiger partial charge on any atom is -0.298 e. The van der Waals surface area contributed by atoms with E-state index < -0.39 is 11.7 Å². The highest BCUT2D eigenvalue weighted by Gasteiger charge is 2.14. The number of carbonyl (C=O) groups is 1. The van der Waals surface area contributed by atoms with Crippen molar-refractivity contribution >= 4 is 17.5 Å². The summed E-state index contributed by atoms with van der Waals surface area (Å²) in [5.41, 5.74) is 3.44. The molecule has 0 unspecified atom stereocenters. The first-order valence-corrected chi connectivity index (χ1v) is 7.96. The molecule has 0 saturated heterocycles. The maximum Gasteiger partial charge on any atom is 0.258 e. The lowest BCUT2D eigenvalue weighted by molar-refractivity contribution is 0.102. The molecule has 26 heavy (non-hydrogen) atoms. The van der Waals surface area contributed by atoms with Crippen molar-refractivity contribution in [3.63, 3.8) is 0 Å². The van der Waals surface area contributed by atoms with Crippen LogP contribution in [-0.2, 0) is 0 Å². The van der Waals surface area contributed by atoms with Crippen molar-refractivity contribution in [1.29, 1.82) is 0 Å².